The van der Waals surface area contributed by atoms with Gasteiger partial charge in [0.05, 0.1) is 5.69 Å². The molecule has 1 saturated heterocycles. The minimum absolute atomic E-state index is 0.0545. The van der Waals surface area contributed by atoms with E-state index in [1.807, 2.05) is 60.3 Å². The Labute approximate surface area is 155 Å². The van der Waals surface area contributed by atoms with Crippen molar-refractivity contribution in [3.05, 3.63) is 71.9 Å². The molecule has 5 nitrogen and oxygen atoms in total. The highest BCUT2D eigenvalue weighted by atomic mass is 32.1. The number of amides is 2. The third-order valence-corrected chi connectivity index (χ3v) is 4.63. The van der Waals surface area contributed by atoms with E-state index < -0.39 is 11.8 Å². The van der Waals surface area contributed by atoms with Gasteiger partial charge in [0.25, 0.3) is 11.8 Å². The first-order valence-corrected chi connectivity index (χ1v) is 8.47. The van der Waals surface area contributed by atoms with Crippen molar-refractivity contribution < 1.29 is 9.59 Å². The number of hydrogen-bond donors (Lipinski definition) is 1. The number of rotatable bonds is 2. The molecule has 0 saturated carbocycles. The van der Waals surface area contributed by atoms with Crippen molar-refractivity contribution in [1.29, 1.82) is 0 Å². The quantitative estimate of drug-likeness (QED) is 0.434. The molecule has 3 aromatic rings. The SMILES string of the molecule is Cn1cc(C=C2C(=O)NC(=S)N(c3ccccc3)C2=O)c2ccccc21. The Bertz CT molecular complexity index is 1080. The normalized spacial score (nSPS) is 16.4. The molecular formula is C20H15N3O2S. The van der Waals surface area contributed by atoms with Gasteiger partial charge in [-0.2, -0.15) is 0 Å². The van der Waals surface area contributed by atoms with E-state index in [4.69, 9.17) is 12.2 Å². The van der Waals surface area contributed by atoms with Crippen molar-refractivity contribution >= 4 is 51.8 Å². The van der Waals surface area contributed by atoms with Gasteiger partial charge < -0.3 is 4.57 Å². The molecule has 1 aliphatic heterocycles. The lowest BCUT2D eigenvalue weighted by Crippen LogP contribution is -2.54. The summed E-state index contributed by atoms with van der Waals surface area (Å²) < 4.78 is 1.96. The van der Waals surface area contributed by atoms with Crippen LogP contribution in [-0.4, -0.2) is 21.5 Å². The monoisotopic (exact) mass is 361 g/mol. The van der Waals surface area contributed by atoms with Gasteiger partial charge in [0, 0.05) is 29.7 Å². The van der Waals surface area contributed by atoms with Crippen LogP contribution in [0.4, 0.5) is 5.69 Å². The van der Waals surface area contributed by atoms with E-state index in [1.54, 1.807) is 18.2 Å². The average molecular weight is 361 g/mol. The third-order valence-electron chi connectivity index (χ3n) is 4.34. The number of carbonyl (C=O) groups is 2. The summed E-state index contributed by atoms with van der Waals surface area (Å²) in [6.07, 6.45) is 3.52. The average Bonchev–Trinajstić information content (AvgIpc) is 2.96. The number of aryl methyl sites for hydroxylation is 1. The van der Waals surface area contributed by atoms with Gasteiger partial charge in [-0.05, 0) is 36.5 Å². The first-order chi connectivity index (χ1) is 12.6. The molecule has 0 atom stereocenters. The minimum Gasteiger partial charge on any atom is -0.350 e. The maximum atomic E-state index is 13.0. The molecule has 1 aromatic heterocycles. The Hall–Kier alpha value is -3.25. The second-order valence-electron chi connectivity index (χ2n) is 6.01. The summed E-state index contributed by atoms with van der Waals surface area (Å²) in [6, 6.07) is 16.9. The van der Waals surface area contributed by atoms with Crippen molar-refractivity contribution in [3.8, 4) is 0 Å². The minimum atomic E-state index is -0.486. The van der Waals surface area contributed by atoms with Gasteiger partial charge in [0.2, 0.25) is 0 Å². The van der Waals surface area contributed by atoms with Crippen molar-refractivity contribution in [2.24, 2.45) is 7.05 Å². The van der Waals surface area contributed by atoms with Gasteiger partial charge in [-0.3, -0.25) is 19.8 Å². The lowest BCUT2D eigenvalue weighted by Gasteiger charge is -2.28. The Morgan fingerprint density at radius 1 is 1.00 bits per heavy atom. The van der Waals surface area contributed by atoms with Gasteiger partial charge >= 0.3 is 0 Å². The Kier molecular flexibility index (Phi) is 3.89. The molecule has 2 amide bonds. The summed E-state index contributed by atoms with van der Waals surface area (Å²) in [5.41, 5.74) is 2.51. The van der Waals surface area contributed by atoms with Crippen LogP contribution >= 0.6 is 12.2 Å². The summed E-state index contributed by atoms with van der Waals surface area (Å²) in [4.78, 5) is 26.8. The van der Waals surface area contributed by atoms with E-state index in [0.29, 0.717) is 5.69 Å². The predicted molar refractivity (Wildman–Crippen MR) is 106 cm³/mol. The number of anilines is 1. The summed E-state index contributed by atoms with van der Waals surface area (Å²) in [7, 11) is 1.93. The maximum absolute atomic E-state index is 13.0. The highest BCUT2D eigenvalue weighted by molar-refractivity contribution is 7.80. The number of para-hydroxylation sites is 2. The van der Waals surface area contributed by atoms with Crippen LogP contribution in [0.15, 0.2) is 66.4 Å². The van der Waals surface area contributed by atoms with Gasteiger partial charge in [0.1, 0.15) is 5.57 Å². The molecule has 2 heterocycles. The zero-order chi connectivity index (χ0) is 18.3. The molecule has 1 fully saturated rings. The number of fused-ring (bicyclic) bond motifs is 1. The molecule has 0 aliphatic carbocycles. The largest absolute Gasteiger partial charge is 0.350 e. The molecule has 26 heavy (non-hydrogen) atoms. The standard InChI is InChI=1S/C20H15N3O2S/c1-22-12-13(15-9-5-6-10-17(15)22)11-16-18(24)21-20(26)23(19(16)25)14-7-3-2-4-8-14/h2-12H,1H3,(H,21,24,26). The van der Waals surface area contributed by atoms with Crippen LogP contribution in [0.1, 0.15) is 5.56 Å². The smallest absolute Gasteiger partial charge is 0.270 e. The second kappa shape index (κ2) is 6.24. The highest BCUT2D eigenvalue weighted by Gasteiger charge is 2.34. The maximum Gasteiger partial charge on any atom is 0.270 e. The Balaban J connectivity index is 1.82. The molecular weight excluding hydrogens is 346 g/mol. The summed E-state index contributed by atoms with van der Waals surface area (Å²) in [5.74, 6) is -0.919. The van der Waals surface area contributed by atoms with E-state index in [9.17, 15) is 9.59 Å². The first-order valence-electron chi connectivity index (χ1n) is 8.07. The number of carbonyl (C=O) groups excluding carboxylic acids is 2. The van der Waals surface area contributed by atoms with Crippen LogP contribution in [0.25, 0.3) is 17.0 Å². The zero-order valence-corrected chi connectivity index (χ0v) is 14.8. The molecule has 6 heteroatoms. The molecule has 0 bridgehead atoms. The molecule has 2 aromatic carbocycles. The van der Waals surface area contributed by atoms with Crippen LogP contribution in [0.3, 0.4) is 0 Å². The van der Waals surface area contributed by atoms with Crippen molar-refractivity contribution in [2.45, 2.75) is 0 Å². The third kappa shape index (κ3) is 2.60. The van der Waals surface area contributed by atoms with Gasteiger partial charge in [-0.15, -0.1) is 0 Å². The summed E-state index contributed by atoms with van der Waals surface area (Å²) >= 11 is 5.20. The number of nitrogens with one attached hydrogen (secondary N) is 1. The van der Waals surface area contributed by atoms with Crippen LogP contribution < -0.4 is 10.2 Å². The molecule has 0 spiro atoms. The van der Waals surface area contributed by atoms with E-state index in [2.05, 4.69) is 5.32 Å². The molecule has 0 unspecified atom stereocenters. The lowest BCUT2D eigenvalue weighted by atomic mass is 10.1. The zero-order valence-electron chi connectivity index (χ0n) is 14.0. The molecule has 1 N–H and O–H groups in total. The van der Waals surface area contributed by atoms with Crippen LogP contribution in [-0.2, 0) is 16.6 Å². The van der Waals surface area contributed by atoms with E-state index in [-0.39, 0.29) is 10.7 Å². The highest BCUT2D eigenvalue weighted by Crippen LogP contribution is 2.25. The van der Waals surface area contributed by atoms with Crippen molar-refractivity contribution in [1.82, 2.24) is 9.88 Å². The van der Waals surface area contributed by atoms with Crippen LogP contribution in [0, 0.1) is 0 Å². The number of benzene rings is 2. The number of hydrogen-bond acceptors (Lipinski definition) is 3. The Morgan fingerprint density at radius 2 is 1.69 bits per heavy atom. The number of aromatic nitrogens is 1. The molecule has 0 radical (unpaired) electrons. The van der Waals surface area contributed by atoms with Gasteiger partial charge in [0.15, 0.2) is 5.11 Å². The van der Waals surface area contributed by atoms with E-state index in [1.165, 1.54) is 4.90 Å². The van der Waals surface area contributed by atoms with E-state index in [0.717, 1.165) is 16.5 Å². The molecule has 128 valence electrons. The van der Waals surface area contributed by atoms with Crippen molar-refractivity contribution in [3.63, 3.8) is 0 Å². The molecule has 1 aliphatic rings. The van der Waals surface area contributed by atoms with Crippen LogP contribution in [0.2, 0.25) is 0 Å². The topological polar surface area (TPSA) is 54.3 Å². The lowest BCUT2D eigenvalue weighted by molar-refractivity contribution is -0.122. The van der Waals surface area contributed by atoms with Gasteiger partial charge in [-0.25, -0.2) is 0 Å². The molecule has 4 rings (SSSR count). The number of thiocarbonyl (C=S) groups is 1. The first kappa shape index (κ1) is 16.2. The Morgan fingerprint density at radius 3 is 2.46 bits per heavy atom. The second-order valence-corrected chi connectivity index (χ2v) is 6.39. The van der Waals surface area contributed by atoms with Crippen molar-refractivity contribution in [2.75, 3.05) is 4.90 Å². The fraction of sp³-hybridized carbons (Fsp3) is 0.0500. The summed E-state index contributed by atoms with van der Waals surface area (Å²) in [5, 5.41) is 3.67. The predicted octanol–water partition coefficient (Wildman–Crippen LogP) is 3.01. The van der Waals surface area contributed by atoms with E-state index >= 15 is 0 Å². The number of nitrogens with zero attached hydrogens (tertiary/aromatic N) is 2. The van der Waals surface area contributed by atoms with Gasteiger partial charge in [-0.1, -0.05) is 36.4 Å². The fourth-order valence-corrected chi connectivity index (χ4v) is 3.39. The van der Waals surface area contributed by atoms with Crippen LogP contribution in [0.5, 0.6) is 0 Å². The fourth-order valence-electron chi connectivity index (χ4n) is 3.11. The summed E-state index contributed by atoms with van der Waals surface area (Å²) in [6.45, 7) is 0.